The summed E-state index contributed by atoms with van der Waals surface area (Å²) >= 11 is 0. The van der Waals surface area contributed by atoms with Gasteiger partial charge >= 0.3 is 0 Å². The molecule has 3 aliphatic heterocycles. The smallest absolute Gasteiger partial charge is 0.227 e. The van der Waals surface area contributed by atoms with Crippen LogP contribution in [0.15, 0.2) is 12.1 Å². The van der Waals surface area contributed by atoms with Crippen molar-refractivity contribution in [1.29, 1.82) is 0 Å². The van der Waals surface area contributed by atoms with Crippen molar-refractivity contribution in [2.45, 2.75) is 38.5 Å². The van der Waals surface area contributed by atoms with Crippen LogP contribution in [0, 0.1) is 5.92 Å². The molecule has 1 aromatic rings. The van der Waals surface area contributed by atoms with Crippen LogP contribution in [-0.2, 0) is 9.59 Å². The van der Waals surface area contributed by atoms with Crippen LogP contribution in [0.2, 0.25) is 0 Å². The van der Waals surface area contributed by atoms with Gasteiger partial charge in [0.05, 0.1) is 5.92 Å². The molecule has 0 radical (unpaired) electrons. The molecule has 28 heavy (non-hydrogen) atoms. The Hall–Kier alpha value is -2.38. The van der Waals surface area contributed by atoms with E-state index in [0.29, 0.717) is 32.5 Å². The molecule has 4 rings (SSSR count). The van der Waals surface area contributed by atoms with Gasteiger partial charge in [0.1, 0.15) is 0 Å². The number of piperazine rings is 1. The molecule has 8 nitrogen and oxygen atoms in total. The lowest BCUT2D eigenvalue weighted by atomic mass is 9.97. The maximum Gasteiger partial charge on any atom is 0.227 e. The highest BCUT2D eigenvalue weighted by atomic mass is 16.2. The minimum Gasteiger partial charge on any atom is -0.355 e. The molecule has 8 heteroatoms. The lowest BCUT2D eigenvalue weighted by Crippen LogP contribution is -2.52. The van der Waals surface area contributed by atoms with E-state index in [0.717, 1.165) is 37.8 Å². The van der Waals surface area contributed by atoms with E-state index in [-0.39, 0.29) is 17.7 Å². The largest absolute Gasteiger partial charge is 0.355 e. The quantitative estimate of drug-likeness (QED) is 0.836. The first-order chi connectivity index (χ1) is 13.7. The monoisotopic (exact) mass is 386 g/mol. The average molecular weight is 387 g/mol. The Morgan fingerprint density at radius 3 is 2.04 bits per heavy atom. The molecule has 1 N–H and O–H groups in total. The van der Waals surface area contributed by atoms with Crippen molar-refractivity contribution in [2.75, 3.05) is 55.6 Å². The third-order valence-electron chi connectivity index (χ3n) is 6.10. The van der Waals surface area contributed by atoms with Gasteiger partial charge in [0.25, 0.3) is 0 Å². The fraction of sp³-hybridized carbons (Fsp3) is 0.700. The Bertz CT molecular complexity index is 668. The molecule has 1 unspecified atom stereocenters. The van der Waals surface area contributed by atoms with Crippen molar-refractivity contribution < 1.29 is 9.59 Å². The third kappa shape index (κ3) is 4.36. The molecule has 0 saturated carbocycles. The Kier molecular flexibility index (Phi) is 5.92. The van der Waals surface area contributed by atoms with Crippen LogP contribution in [0.3, 0.4) is 0 Å². The second-order valence-corrected chi connectivity index (χ2v) is 8.00. The summed E-state index contributed by atoms with van der Waals surface area (Å²) in [6, 6.07) is 4.14. The molecule has 4 heterocycles. The molecule has 0 spiro atoms. The zero-order valence-electron chi connectivity index (χ0n) is 16.5. The molecule has 3 fully saturated rings. The second-order valence-electron chi connectivity index (χ2n) is 8.00. The summed E-state index contributed by atoms with van der Waals surface area (Å²) < 4.78 is 0. The molecule has 2 amide bonds. The van der Waals surface area contributed by atoms with E-state index >= 15 is 0 Å². The van der Waals surface area contributed by atoms with Crippen LogP contribution in [0.25, 0.3) is 0 Å². The van der Waals surface area contributed by atoms with Gasteiger partial charge in [-0.1, -0.05) is 12.8 Å². The number of nitrogens with one attached hydrogen (secondary N) is 1. The summed E-state index contributed by atoms with van der Waals surface area (Å²) in [5, 5.41) is 11.7. The Morgan fingerprint density at radius 2 is 1.50 bits per heavy atom. The van der Waals surface area contributed by atoms with Gasteiger partial charge in [-0.25, -0.2) is 0 Å². The predicted molar refractivity (Wildman–Crippen MR) is 107 cm³/mol. The number of aromatic nitrogens is 2. The second kappa shape index (κ2) is 8.75. The van der Waals surface area contributed by atoms with Crippen LogP contribution >= 0.6 is 0 Å². The first kappa shape index (κ1) is 19.0. The molecule has 1 atom stereocenters. The summed E-state index contributed by atoms with van der Waals surface area (Å²) in [5.41, 5.74) is 0. The van der Waals surface area contributed by atoms with Crippen molar-refractivity contribution in [3.05, 3.63) is 12.1 Å². The maximum atomic E-state index is 12.7. The van der Waals surface area contributed by atoms with Crippen molar-refractivity contribution in [3.8, 4) is 0 Å². The van der Waals surface area contributed by atoms with E-state index in [9.17, 15) is 9.59 Å². The van der Waals surface area contributed by atoms with E-state index in [4.69, 9.17) is 0 Å². The number of carbonyl (C=O) groups is 2. The molecular formula is C20H30N6O2. The fourth-order valence-corrected chi connectivity index (χ4v) is 4.31. The number of hydrogen-bond donors (Lipinski definition) is 1. The zero-order chi connectivity index (χ0) is 19.3. The predicted octanol–water partition coefficient (Wildman–Crippen LogP) is 1.03. The summed E-state index contributed by atoms with van der Waals surface area (Å²) in [6.45, 7) is 5.52. The summed E-state index contributed by atoms with van der Waals surface area (Å²) in [4.78, 5) is 30.4. The lowest BCUT2D eigenvalue weighted by molar-refractivity contribution is -0.137. The highest BCUT2D eigenvalue weighted by molar-refractivity contribution is 5.84. The van der Waals surface area contributed by atoms with Crippen molar-refractivity contribution in [2.24, 2.45) is 5.92 Å². The molecule has 1 aromatic heterocycles. The summed E-state index contributed by atoms with van der Waals surface area (Å²) in [5.74, 6) is 2.00. The molecule has 0 aliphatic carbocycles. The van der Waals surface area contributed by atoms with Gasteiger partial charge in [-0.2, -0.15) is 0 Å². The van der Waals surface area contributed by atoms with E-state index in [2.05, 4.69) is 37.4 Å². The number of hydrogen-bond acceptors (Lipinski definition) is 6. The highest BCUT2D eigenvalue weighted by Gasteiger charge is 2.30. The van der Waals surface area contributed by atoms with Gasteiger partial charge in [-0.05, 0) is 31.4 Å². The maximum absolute atomic E-state index is 12.7. The van der Waals surface area contributed by atoms with Gasteiger partial charge in [0, 0.05) is 52.2 Å². The number of nitrogens with zero attached hydrogens (tertiary/aromatic N) is 5. The molecule has 0 aromatic carbocycles. The first-order valence-electron chi connectivity index (χ1n) is 10.6. The molecular weight excluding hydrogens is 356 g/mol. The number of carbonyl (C=O) groups excluding carboxylic acids is 2. The summed E-state index contributed by atoms with van der Waals surface area (Å²) in [6.07, 6.45) is 6.17. The Morgan fingerprint density at radius 1 is 0.893 bits per heavy atom. The molecule has 3 aliphatic rings. The lowest BCUT2D eigenvalue weighted by Gasteiger charge is -2.37. The SMILES string of the molecule is O=C1CCC(C(=O)N2CCN(c3ccc(N4CCCCCC4)nn3)CC2)CN1. The highest BCUT2D eigenvalue weighted by Crippen LogP contribution is 2.21. The van der Waals surface area contributed by atoms with Crippen LogP contribution < -0.4 is 15.1 Å². The standard InChI is InChI=1S/C20H30N6O2/c27-19-8-5-16(15-21-19)20(28)26-13-11-25(12-14-26)18-7-6-17(22-23-18)24-9-3-1-2-4-10-24/h6-7,16H,1-5,8-15H2,(H,21,27). The van der Waals surface area contributed by atoms with Crippen molar-refractivity contribution in [1.82, 2.24) is 20.4 Å². The number of anilines is 2. The van der Waals surface area contributed by atoms with Gasteiger partial charge in [-0.3, -0.25) is 9.59 Å². The van der Waals surface area contributed by atoms with Crippen molar-refractivity contribution in [3.63, 3.8) is 0 Å². The summed E-state index contributed by atoms with van der Waals surface area (Å²) in [7, 11) is 0. The number of amides is 2. The van der Waals surface area contributed by atoms with Crippen LogP contribution in [-0.4, -0.2) is 72.7 Å². The first-order valence-corrected chi connectivity index (χ1v) is 10.6. The Balaban J connectivity index is 1.29. The minimum absolute atomic E-state index is 0.0519. The van der Waals surface area contributed by atoms with Crippen LogP contribution in [0.4, 0.5) is 11.6 Å². The van der Waals surface area contributed by atoms with Gasteiger partial charge in [-0.15, -0.1) is 10.2 Å². The van der Waals surface area contributed by atoms with Gasteiger partial charge in [0.15, 0.2) is 11.6 Å². The van der Waals surface area contributed by atoms with Crippen LogP contribution in [0.5, 0.6) is 0 Å². The molecule has 0 bridgehead atoms. The minimum atomic E-state index is -0.0723. The van der Waals surface area contributed by atoms with Crippen LogP contribution in [0.1, 0.15) is 38.5 Å². The number of rotatable bonds is 3. The fourth-order valence-electron chi connectivity index (χ4n) is 4.31. The molecule has 3 saturated heterocycles. The van der Waals surface area contributed by atoms with E-state index in [1.807, 2.05) is 4.90 Å². The van der Waals surface area contributed by atoms with E-state index in [1.165, 1.54) is 25.7 Å². The topological polar surface area (TPSA) is 81.7 Å². The third-order valence-corrected chi connectivity index (χ3v) is 6.10. The average Bonchev–Trinajstić information content (AvgIpc) is 3.04. The van der Waals surface area contributed by atoms with E-state index in [1.54, 1.807) is 0 Å². The zero-order valence-corrected chi connectivity index (χ0v) is 16.5. The van der Waals surface area contributed by atoms with Gasteiger partial charge in [0.2, 0.25) is 11.8 Å². The Labute approximate surface area is 166 Å². The van der Waals surface area contributed by atoms with E-state index < -0.39 is 0 Å². The van der Waals surface area contributed by atoms with Gasteiger partial charge < -0.3 is 20.0 Å². The molecule has 152 valence electrons. The van der Waals surface area contributed by atoms with Crippen molar-refractivity contribution >= 4 is 23.5 Å². The number of piperidine rings is 1. The normalized spacial score (nSPS) is 23.9.